The molecule has 0 saturated heterocycles. The molecule has 2 aromatic carbocycles. The smallest absolute Gasteiger partial charge is 0.263 e. The van der Waals surface area contributed by atoms with Crippen molar-refractivity contribution < 1.29 is 17.5 Å². The summed E-state index contributed by atoms with van der Waals surface area (Å²) in [6.45, 7) is 1.87. The third-order valence-corrected chi connectivity index (χ3v) is 5.30. The Bertz CT molecular complexity index is 1180. The summed E-state index contributed by atoms with van der Waals surface area (Å²) >= 11 is 6.13. The first-order valence-corrected chi connectivity index (χ1v) is 9.77. The van der Waals surface area contributed by atoms with Gasteiger partial charge >= 0.3 is 0 Å². The minimum Gasteiger partial charge on any atom is -0.454 e. The Balaban J connectivity index is 1.90. The maximum Gasteiger partial charge on any atom is 0.263 e. The Labute approximate surface area is 166 Å². The number of aryl methyl sites for hydroxylation is 1. The Morgan fingerprint density at radius 3 is 2.54 bits per heavy atom. The van der Waals surface area contributed by atoms with Gasteiger partial charge in [-0.25, -0.2) is 17.8 Å². The monoisotopic (exact) mass is 417 g/mol. The number of nitriles is 1. The molecule has 3 rings (SSSR count). The minimum absolute atomic E-state index is 0.00609. The number of nitrogens with one attached hydrogen (secondary N) is 1. The zero-order valence-electron chi connectivity index (χ0n) is 14.5. The number of hydrogen-bond acceptors (Lipinski definition) is 5. The van der Waals surface area contributed by atoms with Crippen molar-refractivity contribution in [2.24, 2.45) is 0 Å². The van der Waals surface area contributed by atoms with E-state index in [1.54, 1.807) is 18.2 Å². The number of anilines is 1. The van der Waals surface area contributed by atoms with Crippen molar-refractivity contribution in [2.45, 2.75) is 11.8 Å². The van der Waals surface area contributed by atoms with Gasteiger partial charge in [-0.1, -0.05) is 17.7 Å². The lowest BCUT2D eigenvalue weighted by atomic mass is 10.2. The molecule has 6 nitrogen and oxygen atoms in total. The number of hydrogen-bond donors (Lipinski definition) is 1. The normalized spacial score (nSPS) is 10.9. The van der Waals surface area contributed by atoms with Gasteiger partial charge in [0.15, 0.2) is 0 Å². The minimum atomic E-state index is -4.03. The molecule has 0 aliphatic rings. The average molecular weight is 418 g/mol. The highest BCUT2D eigenvalue weighted by Crippen LogP contribution is 2.32. The van der Waals surface area contributed by atoms with Crippen molar-refractivity contribution in [2.75, 3.05) is 4.72 Å². The van der Waals surface area contributed by atoms with Gasteiger partial charge in [0.25, 0.3) is 10.0 Å². The summed E-state index contributed by atoms with van der Waals surface area (Å²) in [5.41, 5.74) is 0.950. The SMILES string of the molecule is Cc1ccc(Oc2ccc(S(=O)(=O)Nc3ccc(F)cn3)cc2C#N)c(Cl)c1. The van der Waals surface area contributed by atoms with Crippen molar-refractivity contribution in [3.8, 4) is 17.6 Å². The van der Waals surface area contributed by atoms with Crippen LogP contribution in [0.1, 0.15) is 11.1 Å². The van der Waals surface area contributed by atoms with E-state index in [2.05, 4.69) is 9.71 Å². The molecule has 0 saturated carbocycles. The van der Waals surface area contributed by atoms with Gasteiger partial charge in [0.2, 0.25) is 0 Å². The summed E-state index contributed by atoms with van der Waals surface area (Å²) in [5, 5.41) is 9.75. The Kier molecular flexibility index (Phi) is 5.49. The van der Waals surface area contributed by atoms with Crippen molar-refractivity contribution in [1.29, 1.82) is 5.26 Å². The number of pyridine rings is 1. The first-order chi connectivity index (χ1) is 13.3. The summed E-state index contributed by atoms with van der Waals surface area (Å²) in [6, 6.07) is 13.2. The molecule has 0 bridgehead atoms. The van der Waals surface area contributed by atoms with Crippen LogP contribution in [0, 0.1) is 24.1 Å². The fraction of sp³-hybridized carbons (Fsp3) is 0.0526. The molecule has 0 unspecified atom stereocenters. The Morgan fingerprint density at radius 1 is 1.14 bits per heavy atom. The lowest BCUT2D eigenvalue weighted by molar-refractivity contribution is 0.480. The van der Waals surface area contributed by atoms with Gasteiger partial charge in [-0.3, -0.25) is 4.72 Å². The molecule has 142 valence electrons. The second-order valence-electron chi connectivity index (χ2n) is 5.77. The van der Waals surface area contributed by atoms with E-state index >= 15 is 0 Å². The summed E-state index contributed by atoms with van der Waals surface area (Å²) in [7, 11) is -4.03. The number of sulfonamides is 1. The first kappa shape index (κ1) is 19.6. The molecule has 0 amide bonds. The number of ether oxygens (including phenoxy) is 1. The van der Waals surface area contributed by atoms with E-state index in [9.17, 15) is 18.1 Å². The van der Waals surface area contributed by atoms with Crippen molar-refractivity contribution in [1.82, 2.24) is 4.98 Å². The fourth-order valence-electron chi connectivity index (χ4n) is 2.29. The third kappa shape index (κ3) is 4.39. The van der Waals surface area contributed by atoms with E-state index in [0.717, 1.165) is 17.8 Å². The van der Waals surface area contributed by atoms with Gasteiger partial charge in [-0.15, -0.1) is 0 Å². The molecule has 3 aromatic rings. The molecular formula is C19H13ClFN3O3S. The number of benzene rings is 2. The number of rotatable bonds is 5. The molecule has 0 spiro atoms. The van der Waals surface area contributed by atoms with Gasteiger partial charge in [0.1, 0.15) is 29.2 Å². The van der Waals surface area contributed by atoms with Crippen LogP contribution in [0.15, 0.2) is 59.6 Å². The summed E-state index contributed by atoms with van der Waals surface area (Å²) in [5.74, 6) is -0.141. The highest BCUT2D eigenvalue weighted by atomic mass is 35.5. The Hall–Kier alpha value is -3.15. The quantitative estimate of drug-likeness (QED) is 0.652. The highest BCUT2D eigenvalue weighted by Gasteiger charge is 2.18. The lowest BCUT2D eigenvalue weighted by Crippen LogP contribution is -2.14. The molecular weight excluding hydrogens is 405 g/mol. The van der Waals surface area contributed by atoms with E-state index < -0.39 is 15.8 Å². The molecule has 0 atom stereocenters. The zero-order valence-corrected chi connectivity index (χ0v) is 16.1. The first-order valence-electron chi connectivity index (χ1n) is 7.91. The van der Waals surface area contributed by atoms with Crippen LogP contribution in [-0.2, 0) is 10.0 Å². The van der Waals surface area contributed by atoms with Gasteiger partial charge < -0.3 is 4.74 Å². The maximum atomic E-state index is 12.9. The molecule has 0 aliphatic heterocycles. The van der Waals surface area contributed by atoms with Gasteiger partial charge in [-0.2, -0.15) is 5.26 Å². The molecule has 1 N–H and O–H groups in total. The van der Waals surface area contributed by atoms with E-state index in [4.69, 9.17) is 16.3 Å². The van der Waals surface area contributed by atoms with Crippen LogP contribution in [0.3, 0.4) is 0 Å². The van der Waals surface area contributed by atoms with Crippen LogP contribution in [0.4, 0.5) is 10.2 Å². The van der Waals surface area contributed by atoms with Crippen LogP contribution in [0.5, 0.6) is 11.5 Å². The number of aromatic nitrogens is 1. The van der Waals surface area contributed by atoms with E-state index in [0.29, 0.717) is 10.8 Å². The van der Waals surface area contributed by atoms with Crippen LogP contribution in [-0.4, -0.2) is 13.4 Å². The van der Waals surface area contributed by atoms with Gasteiger partial charge in [-0.05, 0) is 55.0 Å². The van der Waals surface area contributed by atoms with Crippen molar-refractivity contribution in [3.05, 3.63) is 76.7 Å². The van der Waals surface area contributed by atoms with Crippen LogP contribution in [0.25, 0.3) is 0 Å². The molecule has 0 aliphatic carbocycles. The molecule has 28 heavy (non-hydrogen) atoms. The van der Waals surface area contributed by atoms with E-state index in [1.165, 1.54) is 24.3 Å². The lowest BCUT2D eigenvalue weighted by Gasteiger charge is -2.12. The van der Waals surface area contributed by atoms with E-state index in [1.807, 2.05) is 13.0 Å². The molecule has 1 aromatic heterocycles. The van der Waals surface area contributed by atoms with Gasteiger partial charge in [0.05, 0.1) is 21.7 Å². The number of nitrogens with zero attached hydrogens (tertiary/aromatic N) is 2. The Morgan fingerprint density at radius 2 is 1.89 bits per heavy atom. The maximum absolute atomic E-state index is 12.9. The molecule has 0 radical (unpaired) electrons. The topological polar surface area (TPSA) is 92.1 Å². The van der Waals surface area contributed by atoms with Crippen molar-refractivity contribution >= 4 is 27.4 Å². The average Bonchev–Trinajstić information content (AvgIpc) is 2.66. The predicted octanol–water partition coefficient (Wildman–Crippen LogP) is 4.65. The summed E-state index contributed by atoms with van der Waals surface area (Å²) in [6.07, 6.45) is 0.890. The second-order valence-corrected chi connectivity index (χ2v) is 7.86. The largest absolute Gasteiger partial charge is 0.454 e. The van der Waals surface area contributed by atoms with Crippen LogP contribution in [0.2, 0.25) is 5.02 Å². The zero-order chi connectivity index (χ0) is 20.3. The van der Waals surface area contributed by atoms with Crippen LogP contribution >= 0.6 is 11.6 Å². The number of halogens is 2. The molecule has 9 heteroatoms. The van der Waals surface area contributed by atoms with Crippen LogP contribution < -0.4 is 9.46 Å². The predicted molar refractivity (Wildman–Crippen MR) is 102 cm³/mol. The highest BCUT2D eigenvalue weighted by molar-refractivity contribution is 7.92. The fourth-order valence-corrected chi connectivity index (χ4v) is 3.60. The molecule has 0 fully saturated rings. The summed E-state index contributed by atoms with van der Waals surface area (Å²) in [4.78, 5) is 3.48. The standard InChI is InChI=1S/C19H13ClFN3O3S/c1-12-2-5-18(16(20)8-12)27-17-6-4-15(9-13(17)10-22)28(25,26)24-19-7-3-14(21)11-23-19/h2-9,11H,1H3,(H,23,24). The third-order valence-electron chi connectivity index (χ3n) is 3.66. The van der Waals surface area contributed by atoms with Crippen molar-refractivity contribution in [3.63, 3.8) is 0 Å². The van der Waals surface area contributed by atoms with Gasteiger partial charge in [0, 0.05) is 0 Å². The second kappa shape index (κ2) is 7.84. The molecule has 1 heterocycles. The van der Waals surface area contributed by atoms with E-state index in [-0.39, 0.29) is 22.0 Å². The summed E-state index contributed by atoms with van der Waals surface area (Å²) < 4.78 is 45.8.